The Balaban J connectivity index is 2.85. The van der Waals surface area contributed by atoms with E-state index in [9.17, 15) is 4.79 Å². The Morgan fingerprint density at radius 2 is 1.56 bits per heavy atom. The van der Waals surface area contributed by atoms with E-state index >= 15 is 0 Å². The van der Waals surface area contributed by atoms with Crippen molar-refractivity contribution in [2.75, 3.05) is 53.2 Å². The fraction of sp³-hybridized carbons (Fsp3) is 0.909. The van der Waals surface area contributed by atoms with E-state index in [1.54, 1.807) is 0 Å². The van der Waals surface area contributed by atoms with Gasteiger partial charge in [-0.2, -0.15) is 0 Å². The molecule has 96 valence electrons. The first-order valence-corrected chi connectivity index (χ1v) is 5.73. The number of nitrogens with one attached hydrogen (secondary N) is 1. The molecule has 0 aliphatic rings. The second kappa shape index (κ2) is 14.5. The lowest BCUT2D eigenvalue weighted by Crippen LogP contribution is -2.11. The third kappa shape index (κ3) is 13.5. The highest BCUT2D eigenvalue weighted by Gasteiger charge is 1.91. The van der Waals surface area contributed by atoms with Crippen LogP contribution in [0.2, 0.25) is 0 Å². The van der Waals surface area contributed by atoms with Crippen LogP contribution in [0.5, 0.6) is 0 Å². The molecule has 0 atom stereocenters. The van der Waals surface area contributed by atoms with Crippen LogP contribution in [0.3, 0.4) is 0 Å². The molecule has 0 aliphatic heterocycles. The Bertz CT molecular complexity index is 144. The van der Waals surface area contributed by atoms with Crippen LogP contribution in [0.1, 0.15) is 12.8 Å². The molecule has 0 saturated carbocycles. The summed E-state index contributed by atoms with van der Waals surface area (Å²) in [6, 6.07) is 0. The molecule has 5 heteroatoms. The van der Waals surface area contributed by atoms with E-state index in [-0.39, 0.29) is 6.61 Å². The molecule has 0 unspecified atom stereocenters. The van der Waals surface area contributed by atoms with Gasteiger partial charge in [0.25, 0.3) is 0 Å². The normalized spacial score (nSPS) is 10.6. The first-order chi connectivity index (χ1) is 7.91. The largest absolute Gasteiger partial charge is 0.379 e. The van der Waals surface area contributed by atoms with Gasteiger partial charge in [-0.1, -0.05) is 0 Å². The molecule has 0 aromatic rings. The van der Waals surface area contributed by atoms with E-state index in [0.29, 0.717) is 26.4 Å². The SMILES string of the molecule is CNCCCCOCCOCCOCC=O. The molecular formula is C11H23NO4. The lowest BCUT2D eigenvalue weighted by molar-refractivity contribution is -0.112. The van der Waals surface area contributed by atoms with E-state index in [0.717, 1.165) is 32.3 Å². The molecule has 0 bridgehead atoms. The van der Waals surface area contributed by atoms with Gasteiger partial charge in [0.05, 0.1) is 26.4 Å². The van der Waals surface area contributed by atoms with Crippen LogP contribution in [0.25, 0.3) is 0 Å². The van der Waals surface area contributed by atoms with Gasteiger partial charge in [-0.15, -0.1) is 0 Å². The van der Waals surface area contributed by atoms with Gasteiger partial charge in [0.1, 0.15) is 12.9 Å². The molecule has 5 nitrogen and oxygen atoms in total. The molecule has 1 N–H and O–H groups in total. The summed E-state index contributed by atoms with van der Waals surface area (Å²) in [4.78, 5) is 9.90. The number of unbranched alkanes of at least 4 members (excludes halogenated alkanes) is 1. The summed E-state index contributed by atoms with van der Waals surface area (Å²) >= 11 is 0. The minimum atomic E-state index is 0.144. The molecule has 0 spiro atoms. The maximum atomic E-state index is 9.90. The van der Waals surface area contributed by atoms with Gasteiger partial charge in [-0.25, -0.2) is 0 Å². The second-order valence-electron chi connectivity index (χ2n) is 3.28. The van der Waals surface area contributed by atoms with Crippen molar-refractivity contribution < 1.29 is 19.0 Å². The molecular weight excluding hydrogens is 210 g/mol. The number of ether oxygens (including phenoxy) is 3. The minimum Gasteiger partial charge on any atom is -0.379 e. The molecule has 0 aromatic carbocycles. The van der Waals surface area contributed by atoms with Gasteiger partial charge in [0.2, 0.25) is 0 Å². The number of carbonyl (C=O) groups excluding carboxylic acids is 1. The Kier molecular flexibility index (Phi) is 14.1. The lowest BCUT2D eigenvalue weighted by atomic mass is 10.3. The van der Waals surface area contributed by atoms with Gasteiger partial charge in [-0.05, 0) is 26.4 Å². The van der Waals surface area contributed by atoms with Gasteiger partial charge >= 0.3 is 0 Å². The summed E-state index contributed by atoms with van der Waals surface area (Å²) in [6.45, 7) is 4.13. The predicted molar refractivity (Wildman–Crippen MR) is 61.7 cm³/mol. The van der Waals surface area contributed by atoms with Gasteiger partial charge in [0, 0.05) is 6.61 Å². The van der Waals surface area contributed by atoms with Gasteiger partial charge in [0.15, 0.2) is 0 Å². The molecule has 0 saturated heterocycles. The van der Waals surface area contributed by atoms with Crippen LogP contribution in [0, 0.1) is 0 Å². The topological polar surface area (TPSA) is 56.8 Å². The average molecular weight is 233 g/mol. The number of hydrogen-bond donors (Lipinski definition) is 1. The Morgan fingerprint density at radius 3 is 2.19 bits per heavy atom. The third-order valence-electron chi connectivity index (χ3n) is 1.90. The van der Waals surface area contributed by atoms with E-state index in [1.165, 1.54) is 0 Å². The van der Waals surface area contributed by atoms with Crippen molar-refractivity contribution in [2.24, 2.45) is 0 Å². The van der Waals surface area contributed by atoms with Crippen molar-refractivity contribution in [1.82, 2.24) is 5.32 Å². The smallest absolute Gasteiger partial charge is 0.145 e. The maximum Gasteiger partial charge on any atom is 0.145 e. The molecule has 0 aliphatic carbocycles. The Morgan fingerprint density at radius 1 is 0.938 bits per heavy atom. The summed E-state index contributed by atoms with van der Waals surface area (Å²) in [7, 11) is 1.95. The van der Waals surface area contributed by atoms with Crippen molar-refractivity contribution in [2.45, 2.75) is 12.8 Å². The molecule has 0 heterocycles. The minimum absolute atomic E-state index is 0.144. The van der Waals surface area contributed by atoms with E-state index in [4.69, 9.17) is 14.2 Å². The van der Waals surface area contributed by atoms with Crippen molar-refractivity contribution in [3.8, 4) is 0 Å². The molecule has 0 amide bonds. The number of rotatable bonds is 13. The lowest BCUT2D eigenvalue weighted by Gasteiger charge is -2.05. The number of aldehydes is 1. The summed E-state index contributed by atoms with van der Waals surface area (Å²) in [5.74, 6) is 0. The first kappa shape index (κ1) is 15.5. The van der Waals surface area contributed by atoms with Crippen LogP contribution < -0.4 is 5.32 Å². The highest BCUT2D eigenvalue weighted by Crippen LogP contribution is 1.88. The molecule has 0 radical (unpaired) electrons. The van der Waals surface area contributed by atoms with Crippen LogP contribution in [0.15, 0.2) is 0 Å². The zero-order valence-corrected chi connectivity index (χ0v) is 10.1. The zero-order chi connectivity index (χ0) is 11.9. The Labute approximate surface area is 97.4 Å². The Hall–Kier alpha value is -0.490. The van der Waals surface area contributed by atoms with Crippen LogP contribution in [-0.2, 0) is 19.0 Å². The molecule has 0 aromatic heterocycles. The highest BCUT2D eigenvalue weighted by atomic mass is 16.5. The molecule has 0 fully saturated rings. The van der Waals surface area contributed by atoms with Crippen LogP contribution in [0.4, 0.5) is 0 Å². The van der Waals surface area contributed by atoms with Gasteiger partial charge < -0.3 is 24.3 Å². The van der Waals surface area contributed by atoms with Crippen LogP contribution in [-0.4, -0.2) is 59.5 Å². The summed E-state index contributed by atoms with van der Waals surface area (Å²) in [5, 5.41) is 3.08. The average Bonchev–Trinajstić information content (AvgIpc) is 2.31. The standard InChI is InChI=1S/C11H23NO4/c1-12-4-2-3-6-14-8-10-16-11-9-15-7-5-13/h5,12H,2-4,6-11H2,1H3. The first-order valence-electron chi connectivity index (χ1n) is 5.73. The maximum absolute atomic E-state index is 9.90. The van der Waals surface area contributed by atoms with E-state index < -0.39 is 0 Å². The molecule has 16 heavy (non-hydrogen) atoms. The summed E-state index contributed by atoms with van der Waals surface area (Å²) < 4.78 is 15.5. The van der Waals surface area contributed by atoms with Crippen molar-refractivity contribution >= 4 is 6.29 Å². The van der Waals surface area contributed by atoms with Crippen molar-refractivity contribution in [1.29, 1.82) is 0 Å². The van der Waals surface area contributed by atoms with Crippen LogP contribution >= 0.6 is 0 Å². The fourth-order valence-corrected chi connectivity index (χ4v) is 1.08. The van der Waals surface area contributed by atoms with E-state index in [2.05, 4.69) is 5.32 Å². The molecule has 0 rings (SSSR count). The van der Waals surface area contributed by atoms with Crippen molar-refractivity contribution in [3.05, 3.63) is 0 Å². The number of hydrogen-bond acceptors (Lipinski definition) is 5. The van der Waals surface area contributed by atoms with E-state index in [1.807, 2.05) is 7.05 Å². The van der Waals surface area contributed by atoms with Gasteiger partial charge in [-0.3, -0.25) is 0 Å². The van der Waals surface area contributed by atoms with Crippen molar-refractivity contribution in [3.63, 3.8) is 0 Å². The second-order valence-corrected chi connectivity index (χ2v) is 3.28. The fourth-order valence-electron chi connectivity index (χ4n) is 1.08. The zero-order valence-electron chi connectivity index (χ0n) is 10.1. The highest BCUT2D eigenvalue weighted by molar-refractivity contribution is 5.50. The number of carbonyl (C=O) groups is 1. The third-order valence-corrected chi connectivity index (χ3v) is 1.90. The summed E-state index contributed by atoms with van der Waals surface area (Å²) in [5.41, 5.74) is 0. The quantitative estimate of drug-likeness (QED) is 0.365. The predicted octanol–water partition coefficient (Wildman–Crippen LogP) is 0.235. The summed E-state index contributed by atoms with van der Waals surface area (Å²) in [6.07, 6.45) is 2.94. The monoisotopic (exact) mass is 233 g/mol.